The number of hydrogen-bond donors (Lipinski definition) is 1. The lowest BCUT2D eigenvalue weighted by atomic mass is 9.91. The summed E-state index contributed by atoms with van der Waals surface area (Å²) in [7, 11) is -3.02. The van der Waals surface area contributed by atoms with E-state index in [1.807, 2.05) is 30.3 Å². The van der Waals surface area contributed by atoms with Gasteiger partial charge in [-0.15, -0.1) is 0 Å². The minimum atomic E-state index is -3.02. The number of nitrogens with one attached hydrogen (secondary N) is 1. The van der Waals surface area contributed by atoms with E-state index in [4.69, 9.17) is 0 Å². The lowest BCUT2D eigenvalue weighted by molar-refractivity contribution is -0.124. The molecule has 2 atom stereocenters. The predicted octanol–water partition coefficient (Wildman–Crippen LogP) is 2.19. The molecule has 5 heteroatoms. The quantitative estimate of drug-likeness (QED) is 0.924. The highest BCUT2D eigenvalue weighted by atomic mass is 32.2. The molecule has 0 spiro atoms. The van der Waals surface area contributed by atoms with Gasteiger partial charge in [-0.05, 0) is 37.7 Å². The van der Waals surface area contributed by atoms with Crippen LogP contribution in [0.2, 0.25) is 0 Å². The van der Waals surface area contributed by atoms with Crippen LogP contribution in [0.3, 0.4) is 0 Å². The van der Waals surface area contributed by atoms with Gasteiger partial charge in [-0.2, -0.15) is 0 Å². The summed E-state index contributed by atoms with van der Waals surface area (Å²) in [4.78, 5) is 12.7. The predicted molar refractivity (Wildman–Crippen MR) is 86.4 cm³/mol. The van der Waals surface area contributed by atoms with Crippen molar-refractivity contribution in [1.29, 1.82) is 0 Å². The molecule has 0 saturated heterocycles. The fraction of sp³-hybridized carbons (Fsp3) is 0.588. The number of amides is 1. The van der Waals surface area contributed by atoms with Crippen LogP contribution in [0.1, 0.15) is 44.1 Å². The monoisotopic (exact) mass is 321 g/mol. The van der Waals surface area contributed by atoms with Crippen molar-refractivity contribution in [1.82, 2.24) is 5.32 Å². The summed E-state index contributed by atoms with van der Waals surface area (Å²) in [5.41, 5.74) is 0.696. The van der Waals surface area contributed by atoms with Gasteiger partial charge in [0.05, 0.1) is 10.7 Å². The first-order chi connectivity index (χ1) is 10.4. The Balaban J connectivity index is 1.67. The lowest BCUT2D eigenvalue weighted by Gasteiger charge is -2.30. The molecule has 2 fully saturated rings. The zero-order valence-electron chi connectivity index (χ0n) is 12.9. The summed E-state index contributed by atoms with van der Waals surface area (Å²) in [6.45, 7) is 0. The Morgan fingerprint density at radius 3 is 2.45 bits per heavy atom. The molecule has 2 aliphatic carbocycles. The van der Waals surface area contributed by atoms with E-state index >= 15 is 0 Å². The second-order valence-corrected chi connectivity index (χ2v) is 9.06. The lowest BCUT2D eigenvalue weighted by Crippen LogP contribution is -2.45. The van der Waals surface area contributed by atoms with E-state index in [2.05, 4.69) is 5.32 Å². The van der Waals surface area contributed by atoms with E-state index in [0.29, 0.717) is 6.42 Å². The van der Waals surface area contributed by atoms with Crippen LogP contribution in [0.15, 0.2) is 30.3 Å². The molecule has 1 N–H and O–H groups in total. The van der Waals surface area contributed by atoms with Crippen LogP contribution in [-0.4, -0.2) is 31.9 Å². The number of carbonyl (C=O) groups excluding carboxylic acids is 1. The Morgan fingerprint density at radius 2 is 1.86 bits per heavy atom. The molecule has 0 heterocycles. The molecule has 0 radical (unpaired) electrons. The van der Waals surface area contributed by atoms with Crippen LogP contribution < -0.4 is 5.32 Å². The Labute approximate surface area is 132 Å². The standard InChI is InChI=1S/C17H23NO3S/c1-22(20,21)15-9-5-8-14(12-15)18-16(19)17(10-11-17)13-6-3-2-4-7-13/h2-4,6-7,14-15H,5,8-12H2,1H3,(H,18,19)/t14-,15-/m1/s1. The van der Waals surface area contributed by atoms with Gasteiger partial charge in [-0.1, -0.05) is 36.8 Å². The van der Waals surface area contributed by atoms with Gasteiger partial charge in [0.15, 0.2) is 0 Å². The maximum Gasteiger partial charge on any atom is 0.230 e. The third kappa shape index (κ3) is 3.05. The molecular weight excluding hydrogens is 298 g/mol. The Morgan fingerprint density at radius 1 is 1.18 bits per heavy atom. The average Bonchev–Trinajstić information content (AvgIpc) is 3.29. The summed E-state index contributed by atoms with van der Waals surface area (Å²) in [5, 5.41) is 2.81. The van der Waals surface area contributed by atoms with Crippen LogP contribution in [0.25, 0.3) is 0 Å². The van der Waals surface area contributed by atoms with E-state index in [1.165, 1.54) is 6.26 Å². The summed E-state index contributed by atoms with van der Waals surface area (Å²) in [6.07, 6.45) is 6.07. The molecule has 0 aliphatic heterocycles. The van der Waals surface area contributed by atoms with Crippen molar-refractivity contribution in [3.8, 4) is 0 Å². The van der Waals surface area contributed by atoms with Crippen LogP contribution in [0, 0.1) is 0 Å². The molecule has 22 heavy (non-hydrogen) atoms. The Kier molecular flexibility index (Phi) is 4.02. The van der Waals surface area contributed by atoms with Crippen LogP contribution in [-0.2, 0) is 20.0 Å². The van der Waals surface area contributed by atoms with Gasteiger partial charge < -0.3 is 5.32 Å². The van der Waals surface area contributed by atoms with Crippen molar-refractivity contribution in [3.63, 3.8) is 0 Å². The van der Waals surface area contributed by atoms with Crippen molar-refractivity contribution < 1.29 is 13.2 Å². The minimum absolute atomic E-state index is 0.0119. The van der Waals surface area contributed by atoms with Crippen molar-refractivity contribution in [2.75, 3.05) is 6.26 Å². The molecule has 0 aromatic heterocycles. The zero-order chi connectivity index (χ0) is 15.8. The van der Waals surface area contributed by atoms with Gasteiger partial charge in [-0.25, -0.2) is 8.42 Å². The van der Waals surface area contributed by atoms with Crippen molar-refractivity contribution in [2.24, 2.45) is 0 Å². The second-order valence-electron chi connectivity index (χ2n) is 6.74. The summed E-state index contributed by atoms with van der Waals surface area (Å²) >= 11 is 0. The Hall–Kier alpha value is -1.36. The van der Waals surface area contributed by atoms with Crippen LogP contribution >= 0.6 is 0 Å². The van der Waals surface area contributed by atoms with E-state index in [0.717, 1.165) is 37.7 Å². The molecule has 120 valence electrons. The Bertz CT molecular complexity index is 650. The summed E-state index contributed by atoms with van der Waals surface area (Å²) < 4.78 is 23.5. The normalized spacial score (nSPS) is 27.1. The molecule has 2 aliphatic rings. The fourth-order valence-corrected chi connectivity index (χ4v) is 4.69. The maximum atomic E-state index is 12.7. The zero-order valence-corrected chi connectivity index (χ0v) is 13.7. The van der Waals surface area contributed by atoms with E-state index < -0.39 is 9.84 Å². The van der Waals surface area contributed by atoms with E-state index in [1.54, 1.807) is 0 Å². The minimum Gasteiger partial charge on any atom is -0.353 e. The molecule has 1 aromatic carbocycles. The largest absolute Gasteiger partial charge is 0.353 e. The summed E-state index contributed by atoms with van der Waals surface area (Å²) in [5.74, 6) is 0.0675. The molecule has 0 bridgehead atoms. The fourth-order valence-electron chi connectivity index (χ4n) is 3.52. The first-order valence-corrected chi connectivity index (χ1v) is 9.93. The van der Waals surface area contributed by atoms with Gasteiger partial charge in [-0.3, -0.25) is 4.79 Å². The first-order valence-electron chi connectivity index (χ1n) is 7.97. The molecular formula is C17H23NO3S. The summed E-state index contributed by atoms with van der Waals surface area (Å²) in [6, 6.07) is 9.88. The first kappa shape index (κ1) is 15.5. The number of benzene rings is 1. The number of carbonyl (C=O) groups is 1. The number of hydrogen-bond acceptors (Lipinski definition) is 3. The second kappa shape index (κ2) is 5.69. The maximum absolute atomic E-state index is 12.7. The topological polar surface area (TPSA) is 63.2 Å². The smallest absolute Gasteiger partial charge is 0.230 e. The molecule has 1 aromatic rings. The van der Waals surface area contributed by atoms with Gasteiger partial charge in [0.2, 0.25) is 5.91 Å². The van der Waals surface area contributed by atoms with Gasteiger partial charge >= 0.3 is 0 Å². The third-order valence-electron chi connectivity index (χ3n) is 5.08. The molecule has 3 rings (SSSR count). The molecule has 1 amide bonds. The van der Waals surface area contributed by atoms with Crippen LogP contribution in [0.5, 0.6) is 0 Å². The molecule has 2 saturated carbocycles. The highest BCUT2D eigenvalue weighted by molar-refractivity contribution is 7.91. The van der Waals surface area contributed by atoms with E-state index in [-0.39, 0.29) is 22.6 Å². The van der Waals surface area contributed by atoms with Crippen molar-refractivity contribution in [3.05, 3.63) is 35.9 Å². The highest BCUT2D eigenvalue weighted by Crippen LogP contribution is 2.48. The van der Waals surface area contributed by atoms with Gasteiger partial charge in [0.25, 0.3) is 0 Å². The number of sulfone groups is 1. The third-order valence-corrected chi connectivity index (χ3v) is 6.72. The highest BCUT2D eigenvalue weighted by Gasteiger charge is 2.51. The van der Waals surface area contributed by atoms with Crippen molar-refractivity contribution >= 4 is 15.7 Å². The molecule has 4 nitrogen and oxygen atoms in total. The van der Waals surface area contributed by atoms with Gasteiger partial charge in [0, 0.05) is 12.3 Å². The molecule has 0 unspecified atom stereocenters. The van der Waals surface area contributed by atoms with Gasteiger partial charge in [0.1, 0.15) is 9.84 Å². The van der Waals surface area contributed by atoms with Crippen molar-refractivity contribution in [2.45, 2.75) is 55.2 Å². The SMILES string of the molecule is CS(=O)(=O)[C@@H]1CCC[C@@H](NC(=O)C2(c3ccccc3)CC2)C1. The average molecular weight is 321 g/mol. The van der Waals surface area contributed by atoms with E-state index in [9.17, 15) is 13.2 Å². The van der Waals surface area contributed by atoms with Crippen LogP contribution in [0.4, 0.5) is 0 Å². The number of rotatable bonds is 4.